The molecule has 29 heavy (non-hydrogen) atoms. The molecule has 156 valence electrons. The van der Waals surface area contributed by atoms with Crippen LogP contribution in [0, 0.1) is 0 Å². The number of fused-ring (bicyclic) bond motifs is 1. The summed E-state index contributed by atoms with van der Waals surface area (Å²) in [6.45, 7) is 1.72. The van der Waals surface area contributed by atoms with Crippen molar-refractivity contribution >= 4 is 17.2 Å². The van der Waals surface area contributed by atoms with E-state index in [0.717, 1.165) is 74.4 Å². The lowest BCUT2D eigenvalue weighted by molar-refractivity contribution is -0.137. The van der Waals surface area contributed by atoms with Crippen LogP contribution in [0.4, 0.5) is 30.4 Å². The van der Waals surface area contributed by atoms with Gasteiger partial charge in [-0.2, -0.15) is 13.2 Å². The van der Waals surface area contributed by atoms with Gasteiger partial charge in [-0.3, -0.25) is 0 Å². The molecule has 1 unspecified atom stereocenters. The number of hydrogen-bond donors (Lipinski definition) is 3. The van der Waals surface area contributed by atoms with E-state index in [0.29, 0.717) is 11.9 Å². The molecule has 2 aliphatic rings. The number of alkyl halides is 3. The number of nitrogen functional groups attached to an aromatic ring is 2. The van der Waals surface area contributed by atoms with Gasteiger partial charge in [0, 0.05) is 41.8 Å². The van der Waals surface area contributed by atoms with E-state index in [2.05, 4.69) is 15.2 Å². The molecule has 1 saturated heterocycles. The van der Waals surface area contributed by atoms with Crippen molar-refractivity contribution in [2.45, 2.75) is 44.3 Å². The van der Waals surface area contributed by atoms with Crippen LogP contribution in [-0.2, 0) is 19.0 Å². The Morgan fingerprint density at radius 1 is 1.10 bits per heavy atom. The fourth-order valence-corrected chi connectivity index (χ4v) is 4.30. The first-order chi connectivity index (χ1) is 13.8. The maximum absolute atomic E-state index is 13.1. The molecule has 0 amide bonds. The predicted octanol–water partition coefficient (Wildman–Crippen LogP) is 3.00. The Balaban J connectivity index is 1.80. The van der Waals surface area contributed by atoms with Gasteiger partial charge in [0.05, 0.1) is 11.1 Å². The third-order valence-electron chi connectivity index (χ3n) is 5.79. The SMILES string of the molecule is CNC1CCCN(c2nc(-c3c(N)cc(C(F)(F)F)cc3N)nc3c2CCC3)C1. The van der Waals surface area contributed by atoms with E-state index in [9.17, 15) is 13.2 Å². The smallest absolute Gasteiger partial charge is 0.398 e. The summed E-state index contributed by atoms with van der Waals surface area (Å²) in [4.78, 5) is 11.6. The summed E-state index contributed by atoms with van der Waals surface area (Å²) in [5, 5.41) is 3.32. The van der Waals surface area contributed by atoms with Crippen molar-refractivity contribution in [2.24, 2.45) is 0 Å². The second-order valence-corrected chi connectivity index (χ2v) is 7.75. The van der Waals surface area contributed by atoms with Crippen molar-refractivity contribution in [3.05, 3.63) is 29.0 Å². The number of likely N-dealkylation sites (N-methyl/N-ethyl adjacent to an activating group) is 1. The minimum Gasteiger partial charge on any atom is -0.398 e. The molecule has 1 atom stereocenters. The van der Waals surface area contributed by atoms with Gasteiger partial charge in [0.2, 0.25) is 0 Å². The highest BCUT2D eigenvalue weighted by Crippen LogP contribution is 2.40. The van der Waals surface area contributed by atoms with Crippen LogP contribution in [0.5, 0.6) is 0 Å². The third-order valence-corrected chi connectivity index (χ3v) is 5.79. The highest BCUT2D eigenvalue weighted by Gasteiger charge is 2.33. The average molecular weight is 406 g/mol. The third kappa shape index (κ3) is 3.71. The molecule has 1 aromatic carbocycles. The van der Waals surface area contributed by atoms with Crippen molar-refractivity contribution in [1.29, 1.82) is 0 Å². The molecular weight excluding hydrogens is 381 g/mol. The topological polar surface area (TPSA) is 93.1 Å². The molecule has 2 heterocycles. The number of benzene rings is 1. The highest BCUT2D eigenvalue weighted by molar-refractivity contribution is 5.84. The van der Waals surface area contributed by atoms with Crippen LogP contribution >= 0.6 is 0 Å². The number of rotatable bonds is 3. The maximum Gasteiger partial charge on any atom is 0.416 e. The Morgan fingerprint density at radius 2 is 1.83 bits per heavy atom. The first-order valence-electron chi connectivity index (χ1n) is 9.86. The fourth-order valence-electron chi connectivity index (χ4n) is 4.30. The van der Waals surface area contributed by atoms with Crippen LogP contribution in [0.2, 0.25) is 0 Å². The fraction of sp³-hybridized carbons (Fsp3) is 0.500. The van der Waals surface area contributed by atoms with Crippen molar-refractivity contribution in [1.82, 2.24) is 15.3 Å². The Labute approximate surface area is 167 Å². The largest absolute Gasteiger partial charge is 0.416 e. The van der Waals surface area contributed by atoms with Gasteiger partial charge in [0.25, 0.3) is 0 Å². The minimum absolute atomic E-state index is 0.0621. The zero-order chi connectivity index (χ0) is 20.8. The lowest BCUT2D eigenvalue weighted by Crippen LogP contribution is -2.45. The lowest BCUT2D eigenvalue weighted by atomic mass is 10.0. The molecule has 0 spiro atoms. The van der Waals surface area contributed by atoms with E-state index in [-0.39, 0.29) is 16.9 Å². The molecule has 2 aromatic rings. The summed E-state index contributed by atoms with van der Waals surface area (Å²) < 4.78 is 39.3. The Hall–Kier alpha value is -2.55. The number of hydrogen-bond acceptors (Lipinski definition) is 6. The van der Waals surface area contributed by atoms with E-state index < -0.39 is 11.7 Å². The zero-order valence-electron chi connectivity index (χ0n) is 16.3. The van der Waals surface area contributed by atoms with E-state index >= 15 is 0 Å². The number of aryl methyl sites for hydroxylation is 1. The van der Waals surface area contributed by atoms with Crippen molar-refractivity contribution < 1.29 is 13.2 Å². The number of piperidine rings is 1. The van der Waals surface area contributed by atoms with E-state index in [1.807, 2.05) is 7.05 Å². The van der Waals surface area contributed by atoms with Gasteiger partial charge in [0.1, 0.15) is 5.82 Å². The Morgan fingerprint density at radius 3 is 2.48 bits per heavy atom. The first kappa shape index (κ1) is 19.8. The Bertz CT molecular complexity index is 904. The van der Waals surface area contributed by atoms with Gasteiger partial charge in [-0.25, -0.2) is 9.97 Å². The van der Waals surface area contributed by atoms with Gasteiger partial charge < -0.3 is 21.7 Å². The summed E-state index contributed by atoms with van der Waals surface area (Å²) in [5.41, 5.74) is 13.3. The second-order valence-electron chi connectivity index (χ2n) is 7.75. The van der Waals surface area contributed by atoms with Crippen LogP contribution in [0.25, 0.3) is 11.4 Å². The molecule has 0 radical (unpaired) electrons. The van der Waals surface area contributed by atoms with Gasteiger partial charge in [-0.05, 0) is 51.3 Å². The van der Waals surface area contributed by atoms with Gasteiger partial charge in [0.15, 0.2) is 5.82 Å². The molecule has 0 bridgehead atoms. The molecule has 0 saturated carbocycles. The number of nitrogens with two attached hydrogens (primary N) is 2. The Kier molecular flexibility index (Phi) is 5.02. The minimum atomic E-state index is -4.51. The quantitative estimate of drug-likeness (QED) is 0.679. The van der Waals surface area contributed by atoms with Gasteiger partial charge >= 0.3 is 6.18 Å². The monoisotopic (exact) mass is 406 g/mol. The second kappa shape index (κ2) is 7.37. The molecule has 9 heteroatoms. The summed E-state index contributed by atoms with van der Waals surface area (Å²) in [6.07, 6.45) is 0.351. The van der Waals surface area contributed by atoms with Crippen molar-refractivity contribution in [3.8, 4) is 11.4 Å². The maximum atomic E-state index is 13.1. The van der Waals surface area contributed by atoms with Crippen LogP contribution in [-0.4, -0.2) is 36.1 Å². The summed E-state index contributed by atoms with van der Waals surface area (Å²) in [5.74, 6) is 1.16. The van der Waals surface area contributed by atoms with E-state index in [1.54, 1.807) is 0 Å². The van der Waals surface area contributed by atoms with Crippen LogP contribution in [0.3, 0.4) is 0 Å². The summed E-state index contributed by atoms with van der Waals surface area (Å²) in [7, 11) is 1.95. The van der Waals surface area contributed by atoms with Crippen LogP contribution < -0.4 is 21.7 Å². The van der Waals surface area contributed by atoms with Crippen molar-refractivity contribution in [2.75, 3.05) is 36.5 Å². The molecular formula is C20H25F3N6. The first-order valence-corrected chi connectivity index (χ1v) is 9.86. The molecule has 1 aromatic heterocycles. The van der Waals surface area contributed by atoms with E-state index in [1.165, 1.54) is 0 Å². The molecule has 1 fully saturated rings. The van der Waals surface area contributed by atoms with Gasteiger partial charge in [-0.1, -0.05) is 0 Å². The summed E-state index contributed by atoms with van der Waals surface area (Å²) in [6, 6.07) is 2.18. The average Bonchev–Trinajstić information content (AvgIpc) is 3.14. The molecule has 5 N–H and O–H groups in total. The molecule has 1 aliphatic heterocycles. The molecule has 6 nitrogen and oxygen atoms in total. The number of anilines is 3. The number of halogens is 3. The normalized spacial score (nSPS) is 19.4. The number of nitrogens with one attached hydrogen (secondary N) is 1. The van der Waals surface area contributed by atoms with Gasteiger partial charge in [-0.15, -0.1) is 0 Å². The zero-order valence-corrected chi connectivity index (χ0v) is 16.3. The van der Waals surface area contributed by atoms with Crippen LogP contribution in [0.1, 0.15) is 36.1 Å². The number of nitrogens with zero attached hydrogens (tertiary/aromatic N) is 3. The van der Waals surface area contributed by atoms with Crippen LogP contribution in [0.15, 0.2) is 12.1 Å². The van der Waals surface area contributed by atoms with E-state index in [4.69, 9.17) is 16.5 Å². The number of aromatic nitrogens is 2. The predicted molar refractivity (Wildman–Crippen MR) is 108 cm³/mol. The lowest BCUT2D eigenvalue weighted by Gasteiger charge is -2.34. The molecule has 4 rings (SSSR count). The highest BCUT2D eigenvalue weighted by atomic mass is 19.4. The summed E-state index contributed by atoms with van der Waals surface area (Å²) >= 11 is 0. The molecule has 1 aliphatic carbocycles. The standard InChI is InChI=1S/C20H25F3N6/c1-26-12-4-3-7-29(10-12)19-13-5-2-6-16(13)27-18(28-19)17-14(24)8-11(9-15(17)25)20(21,22)23/h8-9,12,26H,2-7,10,24-25H2,1H3. The van der Waals surface area contributed by atoms with Crippen molar-refractivity contribution in [3.63, 3.8) is 0 Å².